The second kappa shape index (κ2) is 4.95. The Hall–Kier alpha value is -3.15. The van der Waals surface area contributed by atoms with E-state index in [0.717, 1.165) is 22.4 Å². The van der Waals surface area contributed by atoms with Gasteiger partial charge in [0, 0.05) is 22.5 Å². The molecule has 0 spiro atoms. The number of anilines is 1. The van der Waals surface area contributed by atoms with Crippen LogP contribution in [0.4, 0.5) is 5.69 Å². The molecule has 4 rings (SSSR count). The molecule has 0 radical (unpaired) electrons. The molecule has 0 aliphatic carbocycles. The van der Waals surface area contributed by atoms with Crippen molar-refractivity contribution in [2.45, 2.75) is 13.8 Å². The Labute approximate surface area is 131 Å². The van der Waals surface area contributed by atoms with Gasteiger partial charge in [0.2, 0.25) is 0 Å². The van der Waals surface area contributed by atoms with Crippen LogP contribution in [0.2, 0.25) is 0 Å². The van der Waals surface area contributed by atoms with E-state index in [1.165, 1.54) is 0 Å². The predicted octanol–water partition coefficient (Wildman–Crippen LogP) is 3.34. The summed E-state index contributed by atoms with van der Waals surface area (Å²) in [5, 5.41) is 3.79. The van der Waals surface area contributed by atoms with E-state index in [1.807, 2.05) is 38.1 Å². The quantitative estimate of drug-likeness (QED) is 0.616. The number of carbonyl (C=O) groups is 1. The van der Waals surface area contributed by atoms with Crippen LogP contribution in [-0.4, -0.2) is 20.3 Å². The third-order valence-electron chi connectivity index (χ3n) is 3.75. The fraction of sp³-hybridized carbons (Fsp3) is 0.118. The van der Waals surface area contributed by atoms with Gasteiger partial charge in [-0.15, -0.1) is 0 Å². The second-order valence-corrected chi connectivity index (χ2v) is 5.45. The average Bonchev–Trinajstić information content (AvgIpc) is 3.12. The van der Waals surface area contributed by atoms with Gasteiger partial charge in [0.1, 0.15) is 11.9 Å². The summed E-state index contributed by atoms with van der Waals surface area (Å²) in [6.45, 7) is 3.85. The Bertz CT molecular complexity index is 1050. The van der Waals surface area contributed by atoms with Gasteiger partial charge in [-0.2, -0.15) is 0 Å². The molecule has 0 saturated heterocycles. The molecule has 0 aliphatic heterocycles. The van der Waals surface area contributed by atoms with Crippen molar-refractivity contribution in [3.05, 3.63) is 60.0 Å². The highest BCUT2D eigenvalue weighted by Crippen LogP contribution is 2.21. The fourth-order valence-corrected chi connectivity index (χ4v) is 2.67. The zero-order valence-electron chi connectivity index (χ0n) is 12.7. The van der Waals surface area contributed by atoms with Crippen LogP contribution in [0.15, 0.2) is 47.3 Å². The number of amides is 1. The highest BCUT2D eigenvalue weighted by Gasteiger charge is 2.16. The smallest absolute Gasteiger partial charge is 0.278 e. The largest absolute Gasteiger partial charge is 0.464 e. The van der Waals surface area contributed by atoms with Gasteiger partial charge in [0.15, 0.2) is 11.3 Å². The van der Waals surface area contributed by atoms with Gasteiger partial charge in [-0.3, -0.25) is 9.20 Å². The Morgan fingerprint density at radius 1 is 1.22 bits per heavy atom. The Morgan fingerprint density at radius 3 is 2.96 bits per heavy atom. The molecule has 0 saturated carbocycles. The summed E-state index contributed by atoms with van der Waals surface area (Å²) in [5.74, 6) is -0.284. The summed E-state index contributed by atoms with van der Waals surface area (Å²) in [5.41, 5.74) is 4.18. The number of nitrogens with one attached hydrogen (secondary N) is 1. The number of fused-ring (bicyclic) bond motifs is 2. The van der Waals surface area contributed by atoms with Crippen LogP contribution < -0.4 is 5.32 Å². The summed E-state index contributed by atoms with van der Waals surface area (Å²) in [6, 6.07) is 9.28. The molecule has 0 aliphatic rings. The highest BCUT2D eigenvalue weighted by molar-refractivity contribution is 6.07. The molecule has 3 aromatic heterocycles. The number of benzene rings is 1. The Morgan fingerprint density at radius 2 is 2.09 bits per heavy atom. The van der Waals surface area contributed by atoms with E-state index < -0.39 is 0 Å². The van der Waals surface area contributed by atoms with Crippen LogP contribution >= 0.6 is 0 Å². The van der Waals surface area contributed by atoms with E-state index in [0.29, 0.717) is 17.0 Å². The lowest BCUT2D eigenvalue weighted by Gasteiger charge is -2.05. The SMILES string of the molecule is Cc1cc(C)n2cnc(C(=O)Nc3ccc4occc4c3)c2n1. The highest BCUT2D eigenvalue weighted by atomic mass is 16.3. The van der Waals surface area contributed by atoms with Crippen molar-refractivity contribution >= 4 is 28.2 Å². The third-order valence-corrected chi connectivity index (χ3v) is 3.75. The number of furan rings is 1. The van der Waals surface area contributed by atoms with Gasteiger partial charge in [-0.1, -0.05) is 0 Å². The van der Waals surface area contributed by atoms with Crippen LogP contribution in [0.5, 0.6) is 0 Å². The predicted molar refractivity (Wildman–Crippen MR) is 86.6 cm³/mol. The maximum atomic E-state index is 12.5. The number of rotatable bonds is 2. The summed E-state index contributed by atoms with van der Waals surface area (Å²) in [7, 11) is 0. The summed E-state index contributed by atoms with van der Waals surface area (Å²) in [6.07, 6.45) is 3.24. The van der Waals surface area contributed by atoms with Crippen molar-refractivity contribution in [2.75, 3.05) is 5.32 Å². The average molecular weight is 306 g/mol. The number of imidazole rings is 1. The summed E-state index contributed by atoms with van der Waals surface area (Å²) >= 11 is 0. The normalized spacial score (nSPS) is 11.2. The number of hydrogen-bond acceptors (Lipinski definition) is 4. The number of nitrogens with zero attached hydrogens (tertiary/aromatic N) is 3. The molecular formula is C17H14N4O2. The molecule has 1 N–H and O–H groups in total. The molecule has 0 unspecified atom stereocenters. The second-order valence-electron chi connectivity index (χ2n) is 5.45. The van der Waals surface area contributed by atoms with Gasteiger partial charge in [0.25, 0.3) is 5.91 Å². The monoisotopic (exact) mass is 306 g/mol. The van der Waals surface area contributed by atoms with E-state index in [9.17, 15) is 4.79 Å². The zero-order valence-corrected chi connectivity index (χ0v) is 12.7. The minimum absolute atomic E-state index is 0.284. The van der Waals surface area contributed by atoms with Gasteiger partial charge in [-0.05, 0) is 44.2 Å². The molecule has 6 heteroatoms. The molecule has 4 aromatic rings. The van der Waals surface area contributed by atoms with E-state index in [4.69, 9.17) is 4.42 Å². The molecule has 3 heterocycles. The van der Waals surface area contributed by atoms with Crippen molar-refractivity contribution in [3.8, 4) is 0 Å². The van der Waals surface area contributed by atoms with Crippen LogP contribution in [0.3, 0.4) is 0 Å². The van der Waals surface area contributed by atoms with Crippen molar-refractivity contribution in [2.24, 2.45) is 0 Å². The van der Waals surface area contributed by atoms with Crippen LogP contribution in [-0.2, 0) is 0 Å². The minimum Gasteiger partial charge on any atom is -0.464 e. The van der Waals surface area contributed by atoms with Crippen LogP contribution in [0.25, 0.3) is 16.6 Å². The third kappa shape index (κ3) is 2.24. The van der Waals surface area contributed by atoms with Gasteiger partial charge < -0.3 is 9.73 Å². The maximum absolute atomic E-state index is 12.5. The number of aryl methyl sites for hydroxylation is 2. The number of carbonyl (C=O) groups excluding carboxylic acids is 1. The lowest BCUT2D eigenvalue weighted by atomic mass is 10.2. The van der Waals surface area contributed by atoms with Gasteiger partial charge in [0.05, 0.1) is 6.26 Å². The zero-order chi connectivity index (χ0) is 16.0. The van der Waals surface area contributed by atoms with Crippen LogP contribution in [0.1, 0.15) is 21.9 Å². The van der Waals surface area contributed by atoms with E-state index >= 15 is 0 Å². The van der Waals surface area contributed by atoms with Crippen molar-refractivity contribution < 1.29 is 9.21 Å². The van der Waals surface area contributed by atoms with E-state index in [-0.39, 0.29) is 5.91 Å². The number of hydrogen-bond donors (Lipinski definition) is 1. The van der Waals surface area contributed by atoms with E-state index in [2.05, 4.69) is 15.3 Å². The maximum Gasteiger partial charge on any atom is 0.278 e. The first-order valence-corrected chi connectivity index (χ1v) is 7.22. The summed E-state index contributed by atoms with van der Waals surface area (Å²) < 4.78 is 7.10. The molecule has 0 fully saturated rings. The molecule has 1 amide bonds. The Balaban J connectivity index is 1.71. The lowest BCUT2D eigenvalue weighted by molar-refractivity contribution is 0.102. The molecule has 114 valence electrons. The molecule has 0 atom stereocenters. The van der Waals surface area contributed by atoms with Crippen molar-refractivity contribution in [1.82, 2.24) is 14.4 Å². The van der Waals surface area contributed by atoms with Crippen LogP contribution in [0, 0.1) is 13.8 Å². The molecule has 1 aromatic carbocycles. The molecular weight excluding hydrogens is 292 g/mol. The first-order valence-electron chi connectivity index (χ1n) is 7.22. The van der Waals surface area contributed by atoms with Gasteiger partial charge >= 0.3 is 0 Å². The Kier molecular flexibility index (Phi) is 2.90. The van der Waals surface area contributed by atoms with Gasteiger partial charge in [-0.25, -0.2) is 9.97 Å². The van der Waals surface area contributed by atoms with Crippen molar-refractivity contribution in [1.29, 1.82) is 0 Å². The summed E-state index contributed by atoms with van der Waals surface area (Å²) in [4.78, 5) is 21.2. The molecule has 0 bridgehead atoms. The standard InChI is InChI=1S/C17H14N4O2/c1-10-7-11(2)21-9-18-15(16(21)19-10)17(22)20-13-3-4-14-12(8-13)5-6-23-14/h3-9H,1-2H3,(H,20,22). The fourth-order valence-electron chi connectivity index (χ4n) is 2.67. The molecule has 23 heavy (non-hydrogen) atoms. The van der Waals surface area contributed by atoms with E-state index in [1.54, 1.807) is 23.1 Å². The number of aromatic nitrogens is 3. The first kappa shape index (κ1) is 13.5. The lowest BCUT2D eigenvalue weighted by Crippen LogP contribution is -2.13. The minimum atomic E-state index is -0.284. The van der Waals surface area contributed by atoms with Crippen molar-refractivity contribution in [3.63, 3.8) is 0 Å². The first-order chi connectivity index (χ1) is 11.1. The molecule has 6 nitrogen and oxygen atoms in total. The topological polar surface area (TPSA) is 72.4 Å².